The molecule has 1 amide bonds. The third kappa shape index (κ3) is 4.31. The van der Waals surface area contributed by atoms with Crippen molar-refractivity contribution in [2.24, 2.45) is 5.92 Å². The zero-order valence-corrected chi connectivity index (χ0v) is 12.8. The van der Waals surface area contributed by atoms with Crippen molar-refractivity contribution >= 4 is 5.91 Å². The van der Waals surface area contributed by atoms with Gasteiger partial charge < -0.3 is 15.2 Å². The van der Waals surface area contributed by atoms with Gasteiger partial charge in [0.05, 0.1) is 0 Å². The zero-order valence-electron chi connectivity index (χ0n) is 12.8. The Morgan fingerprint density at radius 3 is 3.05 bits per heavy atom. The summed E-state index contributed by atoms with van der Waals surface area (Å²) < 4.78 is 5.48. The first kappa shape index (κ1) is 16.5. The molecule has 1 heterocycles. The van der Waals surface area contributed by atoms with Crippen molar-refractivity contribution in [2.45, 2.75) is 38.1 Å². The second-order valence-corrected chi connectivity index (χ2v) is 5.61. The minimum absolute atomic E-state index is 0.00531. The maximum Gasteiger partial charge on any atom is 0.273 e. The predicted molar refractivity (Wildman–Crippen MR) is 84.8 cm³/mol. The summed E-state index contributed by atoms with van der Waals surface area (Å²) in [6.07, 6.45) is 8.38. The van der Waals surface area contributed by atoms with Crippen LogP contribution in [-0.4, -0.2) is 35.3 Å². The van der Waals surface area contributed by atoms with Gasteiger partial charge in [0.15, 0.2) is 11.4 Å². The van der Waals surface area contributed by atoms with Gasteiger partial charge in [0, 0.05) is 24.8 Å². The first-order chi connectivity index (χ1) is 10.8. The summed E-state index contributed by atoms with van der Waals surface area (Å²) in [5.41, 5.74) is 0.283. The molecule has 2 N–H and O–H groups in total. The molecule has 2 atom stereocenters. The molecule has 5 heteroatoms. The maximum absolute atomic E-state index is 12.5. The standard InChI is InChI=1S/C17H24N2O3/c1-2-11-22-15-9-6-10-18-16(15)17(21)19-14-8-5-3-4-7-13(14)12-20/h2,6,9-10,13-14,20H,1,3-5,7-8,11-12H2,(H,19,21). The Bertz CT molecular complexity index is 504. The van der Waals surface area contributed by atoms with Crippen LogP contribution in [0, 0.1) is 5.92 Å². The van der Waals surface area contributed by atoms with Crippen molar-refractivity contribution < 1.29 is 14.6 Å². The summed E-state index contributed by atoms with van der Waals surface area (Å²) in [7, 11) is 0. The highest BCUT2D eigenvalue weighted by molar-refractivity contribution is 5.95. The van der Waals surface area contributed by atoms with Gasteiger partial charge in [0.25, 0.3) is 5.91 Å². The summed E-state index contributed by atoms with van der Waals surface area (Å²) in [5, 5.41) is 12.6. The number of carbonyl (C=O) groups excluding carboxylic acids is 1. The second-order valence-electron chi connectivity index (χ2n) is 5.61. The van der Waals surface area contributed by atoms with Crippen molar-refractivity contribution in [1.29, 1.82) is 0 Å². The molecule has 1 aromatic heterocycles. The van der Waals surface area contributed by atoms with Gasteiger partial charge in [-0.15, -0.1) is 0 Å². The quantitative estimate of drug-likeness (QED) is 0.625. The SMILES string of the molecule is C=CCOc1cccnc1C(=O)NC1CCCCCC1CO. The van der Waals surface area contributed by atoms with E-state index in [2.05, 4.69) is 16.9 Å². The summed E-state index contributed by atoms with van der Waals surface area (Å²) in [5.74, 6) is 0.326. The molecule has 22 heavy (non-hydrogen) atoms. The Morgan fingerprint density at radius 2 is 2.27 bits per heavy atom. The first-order valence-corrected chi connectivity index (χ1v) is 7.86. The van der Waals surface area contributed by atoms with Crippen LogP contribution in [0.2, 0.25) is 0 Å². The van der Waals surface area contributed by atoms with E-state index >= 15 is 0 Å². The van der Waals surface area contributed by atoms with Crippen LogP contribution in [0.25, 0.3) is 0 Å². The smallest absolute Gasteiger partial charge is 0.273 e. The Balaban J connectivity index is 2.08. The van der Waals surface area contributed by atoms with Gasteiger partial charge in [-0.25, -0.2) is 4.98 Å². The molecule has 2 rings (SSSR count). The summed E-state index contributed by atoms with van der Waals surface area (Å²) in [4.78, 5) is 16.6. The lowest BCUT2D eigenvalue weighted by Gasteiger charge is -2.24. The fraction of sp³-hybridized carbons (Fsp3) is 0.529. The molecular formula is C17H24N2O3. The number of pyridine rings is 1. The number of aliphatic hydroxyl groups is 1. The van der Waals surface area contributed by atoms with Gasteiger partial charge in [-0.2, -0.15) is 0 Å². The van der Waals surface area contributed by atoms with Crippen molar-refractivity contribution in [3.8, 4) is 5.75 Å². The van der Waals surface area contributed by atoms with Crippen LogP contribution in [-0.2, 0) is 0 Å². The number of nitrogens with one attached hydrogen (secondary N) is 1. The lowest BCUT2D eigenvalue weighted by atomic mass is 9.95. The van der Waals surface area contributed by atoms with Crippen LogP contribution < -0.4 is 10.1 Å². The highest BCUT2D eigenvalue weighted by atomic mass is 16.5. The molecule has 0 bridgehead atoms. The molecule has 1 aliphatic carbocycles. The molecular weight excluding hydrogens is 280 g/mol. The highest BCUT2D eigenvalue weighted by Gasteiger charge is 2.26. The number of hydrogen-bond acceptors (Lipinski definition) is 4. The lowest BCUT2D eigenvalue weighted by Crippen LogP contribution is -2.41. The Labute approximate surface area is 131 Å². The number of aliphatic hydroxyl groups excluding tert-OH is 1. The molecule has 120 valence electrons. The summed E-state index contributed by atoms with van der Waals surface area (Å²) in [6, 6.07) is 3.45. The third-order valence-corrected chi connectivity index (χ3v) is 4.05. The van der Waals surface area contributed by atoms with Crippen molar-refractivity contribution in [3.05, 3.63) is 36.7 Å². The number of ether oxygens (including phenoxy) is 1. The van der Waals surface area contributed by atoms with Crippen molar-refractivity contribution in [3.63, 3.8) is 0 Å². The zero-order chi connectivity index (χ0) is 15.8. The van der Waals surface area contributed by atoms with Crippen LogP contribution in [0.1, 0.15) is 42.6 Å². The normalized spacial score (nSPS) is 21.7. The molecule has 0 aliphatic heterocycles. The largest absolute Gasteiger partial charge is 0.487 e. The van der Waals surface area contributed by atoms with Gasteiger partial charge in [0.1, 0.15) is 6.61 Å². The van der Waals surface area contributed by atoms with E-state index in [0.29, 0.717) is 12.4 Å². The first-order valence-electron chi connectivity index (χ1n) is 7.86. The van der Waals surface area contributed by atoms with Crippen LogP contribution in [0.4, 0.5) is 0 Å². The molecule has 0 spiro atoms. The molecule has 0 saturated heterocycles. The molecule has 0 aromatic carbocycles. The Hall–Kier alpha value is -1.88. The van der Waals surface area contributed by atoms with Crippen molar-refractivity contribution in [2.75, 3.05) is 13.2 Å². The number of rotatable bonds is 6. The average Bonchev–Trinajstić information content (AvgIpc) is 2.78. The van der Waals surface area contributed by atoms with Gasteiger partial charge in [-0.3, -0.25) is 4.79 Å². The molecule has 1 aliphatic rings. The highest BCUT2D eigenvalue weighted by Crippen LogP contribution is 2.24. The maximum atomic E-state index is 12.5. The number of nitrogens with zero attached hydrogens (tertiary/aromatic N) is 1. The van der Waals surface area contributed by atoms with Gasteiger partial charge >= 0.3 is 0 Å². The fourth-order valence-corrected chi connectivity index (χ4v) is 2.86. The number of carbonyl (C=O) groups is 1. The third-order valence-electron chi connectivity index (χ3n) is 4.05. The van der Waals surface area contributed by atoms with Crippen LogP contribution in [0.3, 0.4) is 0 Å². The second kappa shape index (κ2) is 8.54. The van der Waals surface area contributed by atoms with Gasteiger partial charge in [0.2, 0.25) is 0 Å². The number of amides is 1. The van der Waals surface area contributed by atoms with Crippen molar-refractivity contribution in [1.82, 2.24) is 10.3 Å². The lowest BCUT2D eigenvalue weighted by molar-refractivity contribution is 0.0890. The Kier molecular flexibility index (Phi) is 6.40. The summed E-state index contributed by atoms with van der Waals surface area (Å²) >= 11 is 0. The summed E-state index contributed by atoms with van der Waals surface area (Å²) in [6.45, 7) is 4.03. The van der Waals surface area contributed by atoms with Crippen LogP contribution >= 0.6 is 0 Å². The van der Waals surface area contributed by atoms with Gasteiger partial charge in [-0.1, -0.05) is 31.9 Å². The van der Waals surface area contributed by atoms with Crippen LogP contribution in [0.15, 0.2) is 31.0 Å². The van der Waals surface area contributed by atoms with E-state index in [1.807, 2.05) is 0 Å². The Morgan fingerprint density at radius 1 is 1.45 bits per heavy atom. The molecule has 0 radical (unpaired) electrons. The van der Waals surface area contributed by atoms with E-state index in [1.54, 1.807) is 24.4 Å². The van der Waals surface area contributed by atoms with Crippen LogP contribution in [0.5, 0.6) is 5.75 Å². The van der Waals surface area contributed by atoms with E-state index in [9.17, 15) is 9.90 Å². The predicted octanol–water partition coefficient (Wildman–Crippen LogP) is 2.32. The molecule has 1 aromatic rings. The topological polar surface area (TPSA) is 71.5 Å². The minimum Gasteiger partial charge on any atom is -0.487 e. The van der Waals surface area contributed by atoms with Gasteiger partial charge in [-0.05, 0) is 25.0 Å². The molecule has 5 nitrogen and oxygen atoms in total. The molecule has 2 unspecified atom stereocenters. The van der Waals surface area contributed by atoms with E-state index in [0.717, 1.165) is 32.1 Å². The fourth-order valence-electron chi connectivity index (χ4n) is 2.86. The molecule has 1 fully saturated rings. The van der Waals surface area contributed by atoms with E-state index in [-0.39, 0.29) is 30.2 Å². The number of aromatic nitrogens is 1. The molecule has 1 saturated carbocycles. The minimum atomic E-state index is -0.245. The van der Waals surface area contributed by atoms with E-state index < -0.39 is 0 Å². The monoisotopic (exact) mass is 304 g/mol. The average molecular weight is 304 g/mol. The van der Waals surface area contributed by atoms with E-state index in [1.165, 1.54) is 0 Å². The van der Waals surface area contributed by atoms with E-state index in [4.69, 9.17) is 4.74 Å². The number of hydrogen-bond donors (Lipinski definition) is 2.